The Morgan fingerprint density at radius 1 is 1.17 bits per heavy atom. The summed E-state index contributed by atoms with van der Waals surface area (Å²) in [5.74, 6) is -0.462. The van der Waals surface area contributed by atoms with Crippen LogP contribution in [0.3, 0.4) is 0 Å². The summed E-state index contributed by atoms with van der Waals surface area (Å²) in [6.07, 6.45) is 1.15. The van der Waals surface area contributed by atoms with Crippen LogP contribution in [0.2, 0.25) is 5.02 Å². The SMILES string of the molecule is CCN(CC)S(=O)(=O)c1ccc(Cl)c(NC(=O)Cn2ncc(=O)c3ccccc32)c1. The molecule has 2 aromatic carbocycles. The molecular formula is C20H21ClN4O4S. The van der Waals surface area contributed by atoms with Gasteiger partial charge in [-0.05, 0) is 30.3 Å². The Balaban J connectivity index is 1.88. The summed E-state index contributed by atoms with van der Waals surface area (Å²) < 4.78 is 28.2. The number of fused-ring (bicyclic) bond motifs is 1. The molecule has 0 aliphatic heterocycles. The van der Waals surface area contributed by atoms with Crippen LogP contribution < -0.4 is 10.7 Å². The van der Waals surface area contributed by atoms with Crippen LogP contribution in [0.1, 0.15) is 13.8 Å². The van der Waals surface area contributed by atoms with Crippen LogP contribution in [-0.2, 0) is 21.4 Å². The van der Waals surface area contributed by atoms with E-state index in [9.17, 15) is 18.0 Å². The van der Waals surface area contributed by atoms with E-state index in [-0.39, 0.29) is 27.6 Å². The first-order chi connectivity index (χ1) is 14.3. The van der Waals surface area contributed by atoms with E-state index in [0.29, 0.717) is 24.0 Å². The molecule has 0 fully saturated rings. The van der Waals surface area contributed by atoms with Gasteiger partial charge in [-0.25, -0.2) is 8.42 Å². The topological polar surface area (TPSA) is 101 Å². The van der Waals surface area contributed by atoms with Crippen molar-refractivity contribution in [2.75, 3.05) is 18.4 Å². The Bertz CT molecular complexity index is 1250. The minimum atomic E-state index is -3.70. The van der Waals surface area contributed by atoms with Crippen molar-refractivity contribution in [3.63, 3.8) is 0 Å². The van der Waals surface area contributed by atoms with Gasteiger partial charge in [-0.15, -0.1) is 0 Å². The van der Waals surface area contributed by atoms with Crippen molar-refractivity contribution in [3.05, 3.63) is 63.9 Å². The lowest BCUT2D eigenvalue weighted by Gasteiger charge is -2.19. The summed E-state index contributed by atoms with van der Waals surface area (Å²) in [6.45, 7) is 3.98. The molecule has 0 aliphatic carbocycles. The van der Waals surface area contributed by atoms with Crippen molar-refractivity contribution >= 4 is 44.1 Å². The summed E-state index contributed by atoms with van der Waals surface area (Å²) >= 11 is 6.17. The number of nitrogens with one attached hydrogen (secondary N) is 1. The number of anilines is 1. The molecule has 158 valence electrons. The van der Waals surface area contributed by atoms with Crippen molar-refractivity contribution in [2.24, 2.45) is 0 Å². The molecule has 1 heterocycles. The van der Waals surface area contributed by atoms with Crippen molar-refractivity contribution in [3.8, 4) is 0 Å². The highest BCUT2D eigenvalue weighted by atomic mass is 35.5. The van der Waals surface area contributed by atoms with Crippen LogP contribution in [0, 0.1) is 0 Å². The molecule has 0 radical (unpaired) electrons. The predicted molar refractivity (Wildman–Crippen MR) is 116 cm³/mol. The first-order valence-electron chi connectivity index (χ1n) is 9.32. The summed E-state index contributed by atoms with van der Waals surface area (Å²) in [7, 11) is -3.70. The van der Waals surface area contributed by atoms with Gasteiger partial charge < -0.3 is 5.32 Å². The van der Waals surface area contributed by atoms with E-state index in [0.717, 1.165) is 6.20 Å². The molecule has 10 heteroatoms. The molecule has 30 heavy (non-hydrogen) atoms. The first-order valence-corrected chi connectivity index (χ1v) is 11.1. The normalized spacial score (nSPS) is 11.7. The highest BCUT2D eigenvalue weighted by molar-refractivity contribution is 7.89. The number of nitrogens with zero attached hydrogens (tertiary/aromatic N) is 3. The number of sulfonamides is 1. The maximum Gasteiger partial charge on any atom is 0.246 e. The number of para-hydroxylation sites is 1. The number of carbonyl (C=O) groups excluding carboxylic acids is 1. The van der Waals surface area contributed by atoms with Crippen LogP contribution in [0.25, 0.3) is 10.9 Å². The maximum atomic E-state index is 12.7. The Morgan fingerprint density at radius 3 is 2.57 bits per heavy atom. The molecule has 1 N–H and O–H groups in total. The van der Waals surface area contributed by atoms with E-state index in [1.54, 1.807) is 38.1 Å². The smallest absolute Gasteiger partial charge is 0.246 e. The van der Waals surface area contributed by atoms with E-state index < -0.39 is 15.9 Å². The fourth-order valence-corrected chi connectivity index (χ4v) is 4.74. The first kappa shape index (κ1) is 21.9. The van der Waals surface area contributed by atoms with Gasteiger partial charge in [0.25, 0.3) is 0 Å². The van der Waals surface area contributed by atoms with Crippen LogP contribution in [0.15, 0.2) is 58.4 Å². The Labute approximate surface area is 179 Å². The fraction of sp³-hybridized carbons (Fsp3) is 0.250. The van der Waals surface area contributed by atoms with Gasteiger partial charge in [0, 0.05) is 18.5 Å². The third-order valence-corrected chi connectivity index (χ3v) is 6.99. The molecule has 0 bridgehead atoms. The van der Waals surface area contributed by atoms with Gasteiger partial charge in [0.05, 0.1) is 27.3 Å². The monoisotopic (exact) mass is 448 g/mol. The molecule has 3 rings (SSSR count). The van der Waals surface area contributed by atoms with Crippen molar-refractivity contribution in [1.29, 1.82) is 0 Å². The number of carbonyl (C=O) groups is 1. The van der Waals surface area contributed by atoms with Crippen molar-refractivity contribution in [2.45, 2.75) is 25.3 Å². The zero-order valence-electron chi connectivity index (χ0n) is 16.5. The molecule has 0 saturated carbocycles. The largest absolute Gasteiger partial charge is 0.323 e. The number of benzene rings is 2. The zero-order chi connectivity index (χ0) is 21.9. The fourth-order valence-electron chi connectivity index (χ4n) is 3.09. The molecule has 0 unspecified atom stereocenters. The second-order valence-corrected chi connectivity index (χ2v) is 8.81. The summed E-state index contributed by atoms with van der Waals surface area (Å²) in [5.41, 5.74) is 0.462. The van der Waals surface area contributed by atoms with E-state index >= 15 is 0 Å². The van der Waals surface area contributed by atoms with Gasteiger partial charge in [-0.1, -0.05) is 37.6 Å². The molecule has 0 atom stereocenters. The standard InChI is InChI=1S/C20H21ClN4O4S/c1-3-24(4-2)30(28,29)14-9-10-16(21)17(11-14)23-20(27)13-25-18-8-6-5-7-15(18)19(26)12-22-25/h5-12H,3-4,13H2,1-2H3,(H,23,27). The lowest BCUT2D eigenvalue weighted by Crippen LogP contribution is -2.30. The number of hydrogen-bond donors (Lipinski definition) is 1. The van der Waals surface area contributed by atoms with Crippen LogP contribution in [-0.4, -0.2) is 41.5 Å². The average molecular weight is 449 g/mol. The second-order valence-electron chi connectivity index (χ2n) is 6.46. The molecule has 8 nitrogen and oxygen atoms in total. The van der Waals surface area contributed by atoms with Gasteiger partial charge in [0.2, 0.25) is 21.4 Å². The van der Waals surface area contributed by atoms with Gasteiger partial charge in [0.15, 0.2) is 0 Å². The highest BCUT2D eigenvalue weighted by Crippen LogP contribution is 2.27. The zero-order valence-corrected chi connectivity index (χ0v) is 18.1. The number of rotatable bonds is 7. The Kier molecular flexibility index (Phi) is 6.55. The second kappa shape index (κ2) is 8.95. The number of aromatic nitrogens is 2. The Hall–Kier alpha value is -2.75. The molecular weight excluding hydrogens is 428 g/mol. The lowest BCUT2D eigenvalue weighted by atomic mass is 10.2. The van der Waals surface area contributed by atoms with Gasteiger partial charge >= 0.3 is 0 Å². The third-order valence-electron chi connectivity index (χ3n) is 4.61. The van der Waals surface area contributed by atoms with Crippen LogP contribution >= 0.6 is 11.6 Å². The molecule has 0 aliphatic rings. The quantitative estimate of drug-likeness (QED) is 0.598. The minimum Gasteiger partial charge on any atom is -0.323 e. The predicted octanol–water partition coefficient (Wildman–Crippen LogP) is 2.72. The minimum absolute atomic E-state index is 0.0397. The lowest BCUT2D eigenvalue weighted by molar-refractivity contribution is -0.116. The number of amides is 1. The summed E-state index contributed by atoms with van der Waals surface area (Å²) in [5, 5.41) is 7.31. The molecule has 0 saturated heterocycles. The molecule has 3 aromatic rings. The average Bonchev–Trinajstić information content (AvgIpc) is 2.72. The third kappa shape index (κ3) is 4.38. The number of halogens is 1. The van der Waals surface area contributed by atoms with Gasteiger partial charge in [-0.2, -0.15) is 9.40 Å². The molecule has 0 spiro atoms. The summed E-state index contributed by atoms with van der Waals surface area (Å²) in [4.78, 5) is 24.6. The van der Waals surface area contributed by atoms with Gasteiger partial charge in [-0.3, -0.25) is 14.3 Å². The van der Waals surface area contributed by atoms with Crippen molar-refractivity contribution < 1.29 is 13.2 Å². The van der Waals surface area contributed by atoms with Gasteiger partial charge in [0.1, 0.15) is 6.54 Å². The summed E-state index contributed by atoms with van der Waals surface area (Å²) in [6, 6.07) is 11.0. The van der Waals surface area contributed by atoms with E-state index in [2.05, 4.69) is 10.4 Å². The molecule has 1 aromatic heterocycles. The molecule has 1 amide bonds. The van der Waals surface area contributed by atoms with E-state index in [1.807, 2.05) is 0 Å². The van der Waals surface area contributed by atoms with Crippen LogP contribution in [0.5, 0.6) is 0 Å². The number of hydrogen-bond acceptors (Lipinski definition) is 5. The maximum absolute atomic E-state index is 12.7. The van der Waals surface area contributed by atoms with Crippen molar-refractivity contribution in [1.82, 2.24) is 14.1 Å². The Morgan fingerprint density at radius 2 is 1.87 bits per heavy atom. The highest BCUT2D eigenvalue weighted by Gasteiger charge is 2.23. The van der Waals surface area contributed by atoms with Crippen LogP contribution in [0.4, 0.5) is 5.69 Å². The van der Waals surface area contributed by atoms with E-state index in [4.69, 9.17) is 11.6 Å². The van der Waals surface area contributed by atoms with E-state index in [1.165, 1.54) is 27.2 Å².